The van der Waals surface area contributed by atoms with E-state index in [2.05, 4.69) is 25.3 Å². The van der Waals surface area contributed by atoms with E-state index in [1.165, 1.54) is 12.5 Å². The minimum atomic E-state index is -0.569. The summed E-state index contributed by atoms with van der Waals surface area (Å²) in [5, 5.41) is 4.09. The SMILES string of the molecule is CCN1CCC(Oc2cc(/C(C=NC)=C/N)cc3ncnc(Nc4ccc5ncsc5c4)c23)C1=O. The van der Waals surface area contributed by atoms with Crippen molar-refractivity contribution in [1.82, 2.24) is 19.9 Å². The van der Waals surface area contributed by atoms with E-state index >= 15 is 0 Å². The Morgan fingerprint density at radius 3 is 2.94 bits per heavy atom. The van der Waals surface area contributed by atoms with Crippen LogP contribution in [0, 0.1) is 0 Å². The van der Waals surface area contributed by atoms with E-state index in [1.54, 1.807) is 29.5 Å². The van der Waals surface area contributed by atoms with Gasteiger partial charge in [-0.3, -0.25) is 9.79 Å². The minimum absolute atomic E-state index is 0.0160. The summed E-state index contributed by atoms with van der Waals surface area (Å²) in [6, 6.07) is 9.73. The van der Waals surface area contributed by atoms with Crippen LogP contribution in [0.3, 0.4) is 0 Å². The van der Waals surface area contributed by atoms with Crippen LogP contribution in [0.25, 0.3) is 26.7 Å². The molecule has 1 aliphatic rings. The van der Waals surface area contributed by atoms with Crippen molar-refractivity contribution in [2.75, 3.05) is 25.5 Å². The molecule has 3 heterocycles. The van der Waals surface area contributed by atoms with Crippen LogP contribution in [0.2, 0.25) is 0 Å². The summed E-state index contributed by atoms with van der Waals surface area (Å²) in [6.45, 7) is 3.29. The Bertz CT molecular complexity index is 1460. The number of aliphatic imine (C=N–C) groups is 1. The van der Waals surface area contributed by atoms with Gasteiger partial charge in [0, 0.05) is 50.2 Å². The highest BCUT2D eigenvalue weighted by Crippen LogP contribution is 2.36. The van der Waals surface area contributed by atoms with Gasteiger partial charge in [0.25, 0.3) is 5.91 Å². The molecule has 4 aromatic rings. The quantitative estimate of drug-likeness (QED) is 0.379. The van der Waals surface area contributed by atoms with Gasteiger partial charge in [0.1, 0.15) is 17.9 Å². The summed E-state index contributed by atoms with van der Waals surface area (Å²) in [6.07, 6.45) is 4.72. The summed E-state index contributed by atoms with van der Waals surface area (Å²) >= 11 is 1.57. The number of ether oxygens (including phenoxy) is 1. The van der Waals surface area contributed by atoms with Crippen LogP contribution in [0.5, 0.6) is 5.75 Å². The number of benzene rings is 2. The van der Waals surface area contributed by atoms with E-state index in [4.69, 9.17) is 10.5 Å². The highest BCUT2D eigenvalue weighted by Gasteiger charge is 2.33. The van der Waals surface area contributed by atoms with Crippen LogP contribution in [0.1, 0.15) is 18.9 Å². The van der Waals surface area contributed by atoms with Crippen LogP contribution in [0.15, 0.2) is 53.4 Å². The standard InChI is InChI=1S/C25H25N7O2S/c1-3-32-7-6-20(25(32)33)34-21-9-15(16(11-26)12-27-2)8-19-23(21)24(29-13-28-19)31-17-4-5-18-22(10-17)35-14-30-18/h4-5,8-14,20H,3,6-7,26H2,1-2H3,(H,28,29,31)/b16-11+,27-12?. The molecule has 1 saturated heterocycles. The Balaban J connectivity index is 1.61. The van der Waals surface area contributed by atoms with E-state index in [0.29, 0.717) is 42.0 Å². The summed E-state index contributed by atoms with van der Waals surface area (Å²) in [5.41, 5.74) is 11.7. The maximum Gasteiger partial charge on any atom is 0.263 e. The number of likely N-dealkylation sites (N-methyl/N-ethyl adjacent to an activating group) is 1. The first kappa shape index (κ1) is 22.7. The van der Waals surface area contributed by atoms with Gasteiger partial charge in [0.15, 0.2) is 6.10 Å². The van der Waals surface area contributed by atoms with Gasteiger partial charge in [0.05, 0.1) is 26.6 Å². The number of nitrogens with one attached hydrogen (secondary N) is 1. The number of carbonyl (C=O) groups excluding carboxylic acids is 1. The Morgan fingerprint density at radius 2 is 2.17 bits per heavy atom. The van der Waals surface area contributed by atoms with Crippen LogP contribution in [-0.2, 0) is 4.79 Å². The van der Waals surface area contributed by atoms with Crippen molar-refractivity contribution in [3.8, 4) is 5.75 Å². The van der Waals surface area contributed by atoms with Gasteiger partial charge >= 0.3 is 0 Å². The topological polar surface area (TPSA) is 119 Å². The van der Waals surface area contributed by atoms with Crippen molar-refractivity contribution in [3.63, 3.8) is 0 Å². The number of allylic oxidation sites excluding steroid dienone is 1. The third-order valence-corrected chi connectivity index (χ3v) is 6.77. The molecule has 1 atom stereocenters. The molecule has 1 aliphatic heterocycles. The van der Waals surface area contributed by atoms with Crippen LogP contribution in [0.4, 0.5) is 11.5 Å². The number of anilines is 2. The van der Waals surface area contributed by atoms with Gasteiger partial charge in [-0.25, -0.2) is 15.0 Å². The smallest absolute Gasteiger partial charge is 0.263 e. The van der Waals surface area contributed by atoms with Crippen molar-refractivity contribution in [1.29, 1.82) is 0 Å². The van der Waals surface area contributed by atoms with Crippen molar-refractivity contribution >= 4 is 61.7 Å². The summed E-state index contributed by atoms with van der Waals surface area (Å²) in [5.74, 6) is 1.08. The fraction of sp³-hybridized carbons (Fsp3) is 0.240. The van der Waals surface area contributed by atoms with E-state index in [9.17, 15) is 4.79 Å². The Hall–Kier alpha value is -4.05. The van der Waals surface area contributed by atoms with Gasteiger partial charge in [-0.2, -0.15) is 0 Å². The molecule has 0 bridgehead atoms. The number of carbonyl (C=O) groups is 1. The van der Waals surface area contributed by atoms with E-state index < -0.39 is 6.10 Å². The number of hydrogen-bond donors (Lipinski definition) is 2. The molecule has 1 fully saturated rings. The average Bonchev–Trinajstić information content (AvgIpc) is 3.48. The third kappa shape index (κ3) is 4.40. The molecule has 178 valence electrons. The molecule has 0 radical (unpaired) electrons. The molecule has 3 N–H and O–H groups in total. The van der Waals surface area contributed by atoms with Crippen molar-refractivity contribution in [3.05, 3.63) is 53.9 Å². The van der Waals surface area contributed by atoms with E-state index in [0.717, 1.165) is 27.0 Å². The van der Waals surface area contributed by atoms with Gasteiger partial charge in [-0.05, 0) is 42.8 Å². The Labute approximate surface area is 206 Å². The van der Waals surface area contributed by atoms with Crippen molar-refractivity contribution in [2.24, 2.45) is 10.7 Å². The number of likely N-dealkylation sites (tertiary alicyclic amines) is 1. The number of hydrogen-bond acceptors (Lipinski definition) is 9. The fourth-order valence-electron chi connectivity index (χ4n) is 4.22. The Kier molecular flexibility index (Phi) is 6.28. The molecule has 0 spiro atoms. The molecule has 5 rings (SSSR count). The number of thiazole rings is 1. The minimum Gasteiger partial charge on any atom is -0.480 e. The summed E-state index contributed by atoms with van der Waals surface area (Å²) in [7, 11) is 1.68. The maximum atomic E-state index is 12.8. The van der Waals surface area contributed by atoms with Gasteiger partial charge in [-0.1, -0.05) is 0 Å². The lowest BCUT2D eigenvalue weighted by atomic mass is 10.0. The van der Waals surface area contributed by atoms with E-state index in [-0.39, 0.29) is 5.91 Å². The summed E-state index contributed by atoms with van der Waals surface area (Å²) < 4.78 is 7.42. The maximum absolute atomic E-state index is 12.8. The first-order chi connectivity index (χ1) is 17.1. The molecule has 1 amide bonds. The zero-order valence-electron chi connectivity index (χ0n) is 19.4. The third-order valence-electron chi connectivity index (χ3n) is 5.98. The number of aromatic nitrogens is 3. The first-order valence-electron chi connectivity index (χ1n) is 11.3. The lowest BCUT2D eigenvalue weighted by Gasteiger charge is -2.18. The van der Waals surface area contributed by atoms with Crippen LogP contribution >= 0.6 is 11.3 Å². The zero-order valence-corrected chi connectivity index (χ0v) is 20.2. The molecular formula is C25H25N7O2S. The van der Waals surface area contributed by atoms with Crippen LogP contribution < -0.4 is 15.8 Å². The number of fused-ring (bicyclic) bond motifs is 2. The number of nitrogens with zero attached hydrogens (tertiary/aromatic N) is 5. The molecule has 2 aromatic heterocycles. The highest BCUT2D eigenvalue weighted by atomic mass is 32.1. The second kappa shape index (κ2) is 9.67. The molecule has 10 heteroatoms. The molecule has 35 heavy (non-hydrogen) atoms. The van der Waals surface area contributed by atoms with Crippen molar-refractivity contribution < 1.29 is 9.53 Å². The molecular weight excluding hydrogens is 462 g/mol. The molecule has 2 aromatic carbocycles. The monoisotopic (exact) mass is 487 g/mol. The highest BCUT2D eigenvalue weighted by molar-refractivity contribution is 7.16. The second-order valence-electron chi connectivity index (χ2n) is 8.07. The molecule has 1 unspecified atom stereocenters. The molecule has 0 saturated carbocycles. The molecule has 9 nitrogen and oxygen atoms in total. The Morgan fingerprint density at radius 1 is 1.29 bits per heavy atom. The lowest BCUT2D eigenvalue weighted by Crippen LogP contribution is -2.32. The number of nitrogens with two attached hydrogens (primary N) is 1. The normalized spacial score (nSPS) is 16.6. The van der Waals surface area contributed by atoms with Crippen LogP contribution in [-0.4, -0.2) is 58.2 Å². The largest absolute Gasteiger partial charge is 0.480 e. The second-order valence-corrected chi connectivity index (χ2v) is 8.96. The predicted octanol–water partition coefficient (Wildman–Crippen LogP) is 3.98. The summed E-state index contributed by atoms with van der Waals surface area (Å²) in [4.78, 5) is 32.1. The fourth-order valence-corrected chi connectivity index (χ4v) is 4.93. The molecule has 0 aliphatic carbocycles. The number of rotatable bonds is 7. The lowest BCUT2D eigenvalue weighted by molar-refractivity contribution is -0.133. The first-order valence-corrected chi connectivity index (χ1v) is 12.2. The van der Waals surface area contributed by atoms with Gasteiger partial charge in [0.2, 0.25) is 0 Å². The number of amides is 1. The zero-order chi connectivity index (χ0) is 24.4. The predicted molar refractivity (Wildman–Crippen MR) is 140 cm³/mol. The van der Waals surface area contributed by atoms with Gasteiger partial charge < -0.3 is 20.7 Å². The van der Waals surface area contributed by atoms with Gasteiger partial charge in [-0.15, -0.1) is 11.3 Å². The average molecular weight is 488 g/mol. The van der Waals surface area contributed by atoms with E-state index in [1.807, 2.05) is 42.8 Å². The van der Waals surface area contributed by atoms with Crippen molar-refractivity contribution in [2.45, 2.75) is 19.4 Å².